The van der Waals surface area contributed by atoms with Crippen LogP contribution in [0.1, 0.15) is 35.3 Å². The Morgan fingerprint density at radius 3 is 2.37 bits per heavy atom. The highest BCUT2D eigenvalue weighted by Crippen LogP contribution is 2.37. The first kappa shape index (κ1) is 26.4. The third-order valence-corrected chi connectivity index (χ3v) is 5.57. The van der Waals surface area contributed by atoms with Gasteiger partial charge in [0.2, 0.25) is 0 Å². The number of hydrazone groups is 1. The van der Waals surface area contributed by atoms with Crippen LogP contribution < -0.4 is 24.4 Å². The van der Waals surface area contributed by atoms with E-state index < -0.39 is 0 Å². The molecule has 0 aromatic heterocycles. The minimum absolute atomic E-state index is 0.349. The van der Waals surface area contributed by atoms with Gasteiger partial charge in [0.15, 0.2) is 23.0 Å². The number of hydrogen-bond acceptors (Lipinski definition) is 6. The topological polar surface area (TPSA) is 78.4 Å². The predicted molar refractivity (Wildman–Crippen MR) is 140 cm³/mol. The van der Waals surface area contributed by atoms with Crippen molar-refractivity contribution in [1.82, 2.24) is 5.43 Å². The van der Waals surface area contributed by atoms with Gasteiger partial charge in [-0.05, 0) is 83.4 Å². The zero-order valence-corrected chi connectivity index (χ0v) is 22.0. The zero-order valence-electron chi connectivity index (χ0n) is 19.6. The molecule has 0 spiro atoms. The summed E-state index contributed by atoms with van der Waals surface area (Å²) in [5.41, 5.74) is 4.60. The number of methoxy groups -OCH3 is 1. The molecule has 9 heteroatoms. The van der Waals surface area contributed by atoms with Crippen molar-refractivity contribution < 1.29 is 23.7 Å². The first-order chi connectivity index (χ1) is 16.9. The standard InChI is InChI=1S/C26H26BrClN2O5/c1-4-33-22-11-8-19(14-23(22)34-5-2)26(31)30-29-15-18-12-21(27)25(24(13-18)32-3)35-16-17-6-9-20(28)10-7-17/h6-15H,4-5,16H2,1-3H3,(H,30,31)/b29-15+. The molecule has 0 atom stereocenters. The molecule has 184 valence electrons. The van der Waals surface area contributed by atoms with E-state index in [0.717, 1.165) is 5.56 Å². The van der Waals surface area contributed by atoms with Gasteiger partial charge in [-0.1, -0.05) is 23.7 Å². The van der Waals surface area contributed by atoms with Crippen LogP contribution in [0.2, 0.25) is 5.02 Å². The average Bonchev–Trinajstić information content (AvgIpc) is 2.85. The average molecular weight is 562 g/mol. The van der Waals surface area contributed by atoms with Gasteiger partial charge in [-0.25, -0.2) is 5.43 Å². The molecule has 0 radical (unpaired) electrons. The number of ether oxygens (including phenoxy) is 4. The Labute approximate surface area is 218 Å². The van der Waals surface area contributed by atoms with Crippen molar-refractivity contribution in [2.45, 2.75) is 20.5 Å². The molecule has 0 saturated heterocycles. The third kappa shape index (κ3) is 7.37. The fourth-order valence-electron chi connectivity index (χ4n) is 3.11. The third-order valence-electron chi connectivity index (χ3n) is 4.73. The van der Waals surface area contributed by atoms with Crippen molar-refractivity contribution in [1.29, 1.82) is 0 Å². The molecule has 35 heavy (non-hydrogen) atoms. The number of nitrogens with one attached hydrogen (secondary N) is 1. The molecule has 0 saturated carbocycles. The van der Waals surface area contributed by atoms with Crippen LogP contribution in [0.3, 0.4) is 0 Å². The van der Waals surface area contributed by atoms with Crippen LogP contribution in [-0.2, 0) is 6.61 Å². The second-order valence-electron chi connectivity index (χ2n) is 7.18. The second-order valence-corrected chi connectivity index (χ2v) is 8.47. The number of carbonyl (C=O) groups excluding carboxylic acids is 1. The molecular weight excluding hydrogens is 536 g/mol. The summed E-state index contributed by atoms with van der Waals surface area (Å²) in [6.45, 7) is 5.06. The fourth-order valence-corrected chi connectivity index (χ4v) is 3.81. The van der Waals surface area contributed by atoms with E-state index >= 15 is 0 Å². The largest absolute Gasteiger partial charge is 0.493 e. The summed E-state index contributed by atoms with van der Waals surface area (Å²) in [5, 5.41) is 4.74. The van der Waals surface area contributed by atoms with Crippen molar-refractivity contribution >= 4 is 39.7 Å². The molecule has 0 bridgehead atoms. The lowest BCUT2D eigenvalue weighted by atomic mass is 10.2. The number of carbonyl (C=O) groups is 1. The van der Waals surface area contributed by atoms with E-state index in [2.05, 4.69) is 26.5 Å². The van der Waals surface area contributed by atoms with Crippen LogP contribution >= 0.6 is 27.5 Å². The van der Waals surface area contributed by atoms with E-state index in [9.17, 15) is 4.79 Å². The van der Waals surface area contributed by atoms with E-state index in [-0.39, 0.29) is 5.91 Å². The van der Waals surface area contributed by atoms with Crippen LogP contribution in [0.5, 0.6) is 23.0 Å². The molecule has 0 unspecified atom stereocenters. The minimum Gasteiger partial charge on any atom is -0.493 e. The number of hydrogen-bond donors (Lipinski definition) is 1. The predicted octanol–water partition coefficient (Wildman–Crippen LogP) is 6.25. The summed E-state index contributed by atoms with van der Waals surface area (Å²) in [6, 6.07) is 16.0. The molecule has 3 aromatic rings. The molecule has 0 heterocycles. The molecule has 0 fully saturated rings. The van der Waals surface area contributed by atoms with Crippen molar-refractivity contribution in [2.75, 3.05) is 20.3 Å². The van der Waals surface area contributed by atoms with Gasteiger partial charge in [0, 0.05) is 10.6 Å². The van der Waals surface area contributed by atoms with Gasteiger partial charge in [0.1, 0.15) is 6.61 Å². The van der Waals surface area contributed by atoms with Gasteiger partial charge < -0.3 is 18.9 Å². The Morgan fingerprint density at radius 1 is 0.971 bits per heavy atom. The number of rotatable bonds is 11. The molecule has 3 aromatic carbocycles. The van der Waals surface area contributed by atoms with Crippen LogP contribution in [-0.4, -0.2) is 32.4 Å². The van der Waals surface area contributed by atoms with E-state index in [0.29, 0.717) is 63.4 Å². The summed E-state index contributed by atoms with van der Waals surface area (Å²) < 4.78 is 23.2. The summed E-state index contributed by atoms with van der Waals surface area (Å²) >= 11 is 9.46. The van der Waals surface area contributed by atoms with Crippen molar-refractivity contribution in [3.05, 3.63) is 80.8 Å². The lowest BCUT2D eigenvalue weighted by molar-refractivity contribution is 0.0954. The Balaban J connectivity index is 1.68. The van der Waals surface area contributed by atoms with Crippen LogP contribution in [0, 0.1) is 0 Å². The maximum absolute atomic E-state index is 12.6. The van der Waals surface area contributed by atoms with Gasteiger partial charge in [-0.2, -0.15) is 5.10 Å². The van der Waals surface area contributed by atoms with Crippen molar-refractivity contribution in [3.63, 3.8) is 0 Å². The summed E-state index contributed by atoms with van der Waals surface area (Å²) in [4.78, 5) is 12.6. The molecule has 7 nitrogen and oxygen atoms in total. The highest BCUT2D eigenvalue weighted by atomic mass is 79.9. The number of benzene rings is 3. The second kappa shape index (κ2) is 13.0. The summed E-state index contributed by atoms with van der Waals surface area (Å²) in [6.07, 6.45) is 1.52. The van der Waals surface area contributed by atoms with Gasteiger partial charge in [-0.15, -0.1) is 0 Å². The maximum Gasteiger partial charge on any atom is 0.271 e. The van der Waals surface area contributed by atoms with Gasteiger partial charge in [0.25, 0.3) is 5.91 Å². The van der Waals surface area contributed by atoms with Gasteiger partial charge in [-0.3, -0.25) is 4.79 Å². The smallest absolute Gasteiger partial charge is 0.271 e. The molecule has 1 N–H and O–H groups in total. The first-order valence-corrected chi connectivity index (χ1v) is 12.1. The molecule has 3 rings (SSSR count). The number of nitrogens with zero attached hydrogens (tertiary/aromatic N) is 1. The first-order valence-electron chi connectivity index (χ1n) is 10.9. The molecule has 0 aliphatic heterocycles. The van der Waals surface area contributed by atoms with Crippen molar-refractivity contribution in [2.24, 2.45) is 5.10 Å². The molecular formula is C26H26BrClN2O5. The monoisotopic (exact) mass is 560 g/mol. The Kier molecular flexibility index (Phi) is 9.81. The van der Waals surface area contributed by atoms with Crippen molar-refractivity contribution in [3.8, 4) is 23.0 Å². The Bertz CT molecular complexity index is 1190. The van der Waals surface area contributed by atoms with Gasteiger partial charge in [0.05, 0.1) is 31.0 Å². The molecule has 0 aliphatic carbocycles. The zero-order chi connectivity index (χ0) is 25.2. The highest BCUT2D eigenvalue weighted by Gasteiger charge is 2.13. The van der Waals surface area contributed by atoms with E-state index in [4.69, 9.17) is 30.5 Å². The van der Waals surface area contributed by atoms with E-state index in [1.165, 1.54) is 6.21 Å². The minimum atomic E-state index is -0.376. The number of amides is 1. The SMILES string of the molecule is CCOc1ccc(C(=O)N/N=C/c2cc(Br)c(OCc3ccc(Cl)cc3)c(OC)c2)cc1OCC. The van der Waals surface area contributed by atoms with E-state index in [1.54, 1.807) is 31.4 Å². The molecule has 1 amide bonds. The normalized spacial score (nSPS) is 10.8. The Hall–Kier alpha value is -3.23. The number of halogens is 2. The van der Waals surface area contributed by atoms with Gasteiger partial charge >= 0.3 is 0 Å². The lowest BCUT2D eigenvalue weighted by Crippen LogP contribution is -2.17. The fraction of sp³-hybridized carbons (Fsp3) is 0.231. The van der Waals surface area contributed by atoms with Crippen LogP contribution in [0.15, 0.2) is 64.2 Å². The molecule has 0 aliphatic rings. The lowest BCUT2D eigenvalue weighted by Gasteiger charge is -2.13. The van der Waals surface area contributed by atoms with E-state index in [1.807, 2.05) is 44.2 Å². The Morgan fingerprint density at radius 2 is 1.69 bits per heavy atom. The summed E-state index contributed by atoms with van der Waals surface area (Å²) in [5.74, 6) is 1.80. The quantitative estimate of drug-likeness (QED) is 0.221. The van der Waals surface area contributed by atoms with Crippen LogP contribution in [0.4, 0.5) is 0 Å². The maximum atomic E-state index is 12.6. The highest BCUT2D eigenvalue weighted by molar-refractivity contribution is 9.10. The van der Waals surface area contributed by atoms with Crippen LogP contribution in [0.25, 0.3) is 0 Å². The summed E-state index contributed by atoms with van der Waals surface area (Å²) in [7, 11) is 1.56.